The maximum Gasteiger partial charge on any atom is 0.277 e. The first kappa shape index (κ1) is 15.5. The number of benzene rings is 2. The highest BCUT2D eigenvalue weighted by atomic mass is 79.9. The fraction of sp³-hybridized carbons (Fsp3) is 0.176. The molecular formula is C17H13BrN2O3S. The topological polar surface area (TPSA) is 57.4 Å². The molecule has 0 aliphatic carbocycles. The van der Waals surface area contributed by atoms with Crippen LogP contribution < -0.4 is 9.47 Å². The zero-order chi connectivity index (χ0) is 16.4. The Bertz CT molecular complexity index is 855. The first-order valence-corrected chi connectivity index (χ1v) is 9.15. The van der Waals surface area contributed by atoms with Gasteiger partial charge in [0.1, 0.15) is 6.61 Å². The van der Waals surface area contributed by atoms with Crippen LogP contribution in [0.1, 0.15) is 17.6 Å². The van der Waals surface area contributed by atoms with Gasteiger partial charge in [0.2, 0.25) is 6.10 Å². The summed E-state index contributed by atoms with van der Waals surface area (Å²) in [7, 11) is 0. The van der Waals surface area contributed by atoms with Gasteiger partial charge < -0.3 is 13.9 Å². The Morgan fingerprint density at radius 3 is 2.83 bits per heavy atom. The zero-order valence-corrected chi connectivity index (χ0v) is 14.9. The molecule has 0 saturated carbocycles. The lowest BCUT2D eigenvalue weighted by Gasteiger charge is -2.23. The van der Waals surface area contributed by atoms with Crippen LogP contribution in [0.3, 0.4) is 0 Å². The van der Waals surface area contributed by atoms with Gasteiger partial charge in [-0.1, -0.05) is 52.0 Å². The highest BCUT2D eigenvalue weighted by Crippen LogP contribution is 2.36. The normalized spacial score (nSPS) is 16.1. The van der Waals surface area contributed by atoms with E-state index in [1.54, 1.807) is 0 Å². The molecular weight excluding hydrogens is 392 g/mol. The van der Waals surface area contributed by atoms with Gasteiger partial charge in [-0.15, -0.1) is 10.2 Å². The van der Waals surface area contributed by atoms with Gasteiger partial charge in [-0.25, -0.2) is 0 Å². The Kier molecular flexibility index (Phi) is 4.44. The van der Waals surface area contributed by atoms with Gasteiger partial charge >= 0.3 is 0 Å². The number of hydrogen-bond acceptors (Lipinski definition) is 6. The molecule has 0 radical (unpaired) electrons. The highest BCUT2D eigenvalue weighted by Gasteiger charge is 2.27. The fourth-order valence-electron chi connectivity index (χ4n) is 2.32. The smallest absolute Gasteiger partial charge is 0.277 e. The van der Waals surface area contributed by atoms with Crippen LogP contribution in [-0.2, 0) is 5.75 Å². The molecule has 2 aromatic carbocycles. The minimum Gasteiger partial charge on any atom is -0.485 e. The van der Waals surface area contributed by atoms with Gasteiger partial charge in [0.05, 0.1) is 0 Å². The number of thioether (sulfide) groups is 1. The van der Waals surface area contributed by atoms with Crippen molar-refractivity contribution in [3.63, 3.8) is 0 Å². The Labute approximate surface area is 151 Å². The summed E-state index contributed by atoms with van der Waals surface area (Å²) in [6, 6.07) is 15.7. The summed E-state index contributed by atoms with van der Waals surface area (Å²) >= 11 is 4.96. The molecule has 0 saturated heterocycles. The van der Waals surface area contributed by atoms with Crippen LogP contribution in [0.2, 0.25) is 0 Å². The first-order chi connectivity index (χ1) is 11.8. The maximum absolute atomic E-state index is 5.87. The average molecular weight is 405 g/mol. The Hall–Kier alpha value is -1.99. The van der Waals surface area contributed by atoms with Crippen molar-refractivity contribution in [1.82, 2.24) is 10.2 Å². The molecule has 2 heterocycles. The molecule has 4 rings (SSSR count). The monoisotopic (exact) mass is 404 g/mol. The lowest BCUT2D eigenvalue weighted by molar-refractivity contribution is 0.0686. The summed E-state index contributed by atoms with van der Waals surface area (Å²) < 4.78 is 18.3. The van der Waals surface area contributed by atoms with E-state index in [-0.39, 0.29) is 6.10 Å². The number of hydrogen-bond donors (Lipinski definition) is 0. The molecule has 0 amide bonds. The number of para-hydroxylation sites is 2. The predicted octanol–water partition coefficient (Wildman–Crippen LogP) is 4.64. The van der Waals surface area contributed by atoms with E-state index >= 15 is 0 Å². The van der Waals surface area contributed by atoms with Crippen molar-refractivity contribution >= 4 is 27.7 Å². The molecule has 1 unspecified atom stereocenters. The molecule has 1 aliphatic heterocycles. The average Bonchev–Trinajstić information content (AvgIpc) is 3.09. The Morgan fingerprint density at radius 1 is 1.08 bits per heavy atom. The van der Waals surface area contributed by atoms with Crippen LogP contribution in [0.15, 0.2) is 62.6 Å². The standard InChI is InChI=1S/C17H13BrN2O3S/c18-12-5-3-4-11(8-12)10-24-17-20-19-16(23-17)15-9-21-13-6-1-2-7-14(13)22-15/h1-8,15H,9-10H2. The molecule has 1 aliphatic rings. The van der Waals surface area contributed by atoms with Crippen molar-refractivity contribution in [1.29, 1.82) is 0 Å². The summed E-state index contributed by atoms with van der Waals surface area (Å²) in [6.07, 6.45) is -0.382. The van der Waals surface area contributed by atoms with Crippen molar-refractivity contribution in [2.45, 2.75) is 17.1 Å². The Morgan fingerprint density at radius 2 is 1.96 bits per heavy atom. The van der Waals surface area contributed by atoms with Crippen molar-refractivity contribution in [3.05, 3.63) is 64.5 Å². The first-order valence-electron chi connectivity index (χ1n) is 7.37. The SMILES string of the molecule is Brc1cccc(CSc2nnc(C3COc4ccccc4O3)o2)c1. The third-order valence-corrected chi connectivity index (χ3v) is 4.84. The van der Waals surface area contributed by atoms with E-state index in [4.69, 9.17) is 13.9 Å². The van der Waals surface area contributed by atoms with Gasteiger partial charge in [0.25, 0.3) is 11.1 Å². The third kappa shape index (κ3) is 3.42. The lowest BCUT2D eigenvalue weighted by Crippen LogP contribution is -2.21. The molecule has 0 bridgehead atoms. The van der Waals surface area contributed by atoms with Gasteiger partial charge in [-0.05, 0) is 29.8 Å². The Balaban J connectivity index is 1.42. The largest absolute Gasteiger partial charge is 0.485 e. The summed E-state index contributed by atoms with van der Waals surface area (Å²) in [4.78, 5) is 0. The van der Waals surface area contributed by atoms with Crippen LogP contribution in [0.25, 0.3) is 0 Å². The molecule has 0 fully saturated rings. The fourth-order valence-corrected chi connectivity index (χ4v) is 3.48. The molecule has 1 atom stereocenters. The highest BCUT2D eigenvalue weighted by molar-refractivity contribution is 9.10. The number of fused-ring (bicyclic) bond motifs is 1. The maximum atomic E-state index is 5.87. The number of aromatic nitrogens is 2. The summed E-state index contributed by atoms with van der Waals surface area (Å²) in [5.41, 5.74) is 1.18. The van der Waals surface area contributed by atoms with Crippen LogP contribution in [-0.4, -0.2) is 16.8 Å². The molecule has 122 valence electrons. The minimum absolute atomic E-state index is 0.356. The quantitative estimate of drug-likeness (QED) is 0.590. The van der Waals surface area contributed by atoms with E-state index < -0.39 is 0 Å². The number of rotatable bonds is 4. The van der Waals surface area contributed by atoms with E-state index in [9.17, 15) is 0 Å². The van der Waals surface area contributed by atoms with E-state index in [1.807, 2.05) is 36.4 Å². The minimum atomic E-state index is -0.382. The number of nitrogens with zero attached hydrogens (tertiary/aromatic N) is 2. The molecule has 5 nitrogen and oxygen atoms in total. The van der Waals surface area contributed by atoms with Crippen LogP contribution >= 0.6 is 27.7 Å². The summed E-state index contributed by atoms with van der Waals surface area (Å²) in [5, 5.41) is 8.70. The van der Waals surface area contributed by atoms with E-state index in [0.29, 0.717) is 23.5 Å². The van der Waals surface area contributed by atoms with Gasteiger partial charge in [0, 0.05) is 10.2 Å². The van der Waals surface area contributed by atoms with Gasteiger partial charge in [0.15, 0.2) is 11.5 Å². The summed E-state index contributed by atoms with van der Waals surface area (Å²) in [5.74, 6) is 2.61. The lowest BCUT2D eigenvalue weighted by atomic mass is 10.2. The molecule has 0 spiro atoms. The summed E-state index contributed by atoms with van der Waals surface area (Å²) in [6.45, 7) is 0.356. The van der Waals surface area contributed by atoms with E-state index in [1.165, 1.54) is 17.3 Å². The second-order valence-electron chi connectivity index (χ2n) is 5.19. The second-order valence-corrected chi connectivity index (χ2v) is 7.03. The van der Waals surface area contributed by atoms with Crippen molar-refractivity contribution in [2.24, 2.45) is 0 Å². The van der Waals surface area contributed by atoms with Crippen LogP contribution in [0.4, 0.5) is 0 Å². The van der Waals surface area contributed by atoms with E-state index in [0.717, 1.165) is 16.0 Å². The number of halogens is 1. The van der Waals surface area contributed by atoms with Crippen LogP contribution in [0, 0.1) is 0 Å². The molecule has 1 aromatic heterocycles. The van der Waals surface area contributed by atoms with Gasteiger partial charge in [-0.3, -0.25) is 0 Å². The third-order valence-electron chi connectivity index (χ3n) is 3.46. The van der Waals surface area contributed by atoms with E-state index in [2.05, 4.69) is 38.3 Å². The molecule has 0 N–H and O–H groups in total. The van der Waals surface area contributed by atoms with Crippen LogP contribution in [0.5, 0.6) is 11.5 Å². The number of ether oxygens (including phenoxy) is 2. The van der Waals surface area contributed by atoms with Crippen molar-refractivity contribution in [3.8, 4) is 11.5 Å². The van der Waals surface area contributed by atoms with Crippen molar-refractivity contribution < 1.29 is 13.9 Å². The predicted molar refractivity (Wildman–Crippen MR) is 93.3 cm³/mol. The molecule has 24 heavy (non-hydrogen) atoms. The van der Waals surface area contributed by atoms with Crippen molar-refractivity contribution in [2.75, 3.05) is 6.61 Å². The molecule has 7 heteroatoms. The van der Waals surface area contributed by atoms with Gasteiger partial charge in [-0.2, -0.15) is 0 Å². The molecule has 3 aromatic rings. The zero-order valence-electron chi connectivity index (χ0n) is 12.5. The second kappa shape index (κ2) is 6.86.